The highest BCUT2D eigenvalue weighted by Gasteiger charge is 2.38. The van der Waals surface area contributed by atoms with Crippen molar-refractivity contribution >= 4 is 27.6 Å². The first-order valence-electron chi connectivity index (χ1n) is 10.1. The highest BCUT2D eigenvalue weighted by atomic mass is 32.2. The summed E-state index contributed by atoms with van der Waals surface area (Å²) < 4.78 is 41.6. The Kier molecular flexibility index (Phi) is 8.45. The van der Waals surface area contributed by atoms with Crippen LogP contribution in [0.4, 0.5) is 5.69 Å². The third-order valence-corrected chi connectivity index (χ3v) is 5.19. The summed E-state index contributed by atoms with van der Waals surface area (Å²) in [5, 5.41) is 3.07. The fraction of sp³-hybridized carbons (Fsp3) is 0.455. The Hall–Kier alpha value is -2.85. The molecule has 176 valence electrons. The summed E-state index contributed by atoms with van der Waals surface area (Å²) in [6, 6.07) is 6.54. The van der Waals surface area contributed by atoms with Gasteiger partial charge in [-0.25, -0.2) is 18.0 Å². The summed E-state index contributed by atoms with van der Waals surface area (Å²) in [6.45, 7) is 7.17. The van der Waals surface area contributed by atoms with Crippen LogP contribution in [0.1, 0.15) is 39.2 Å². The Morgan fingerprint density at radius 3 is 2.28 bits per heavy atom. The van der Waals surface area contributed by atoms with E-state index in [4.69, 9.17) is 14.2 Å². The first kappa shape index (κ1) is 25.4. The molecular weight excluding hydrogens is 436 g/mol. The van der Waals surface area contributed by atoms with Crippen LogP contribution < -0.4 is 10.0 Å². The quantitative estimate of drug-likeness (QED) is 0.421. The molecule has 0 fully saturated rings. The molecule has 32 heavy (non-hydrogen) atoms. The molecule has 0 saturated heterocycles. The van der Waals surface area contributed by atoms with Crippen LogP contribution in [-0.4, -0.2) is 53.0 Å². The Balaban J connectivity index is 2.61. The molecule has 0 spiro atoms. The molecule has 1 atom stereocenters. The first-order valence-corrected chi connectivity index (χ1v) is 12.0. The zero-order valence-electron chi connectivity index (χ0n) is 19.1. The summed E-state index contributed by atoms with van der Waals surface area (Å²) in [6.07, 6.45) is 0.674. The molecule has 0 aromatic heterocycles. The smallest absolute Gasteiger partial charge is 0.337 e. The van der Waals surface area contributed by atoms with Crippen molar-refractivity contribution < 1.29 is 32.2 Å². The van der Waals surface area contributed by atoms with Crippen molar-refractivity contribution in [1.82, 2.24) is 5.32 Å². The Bertz CT molecular complexity index is 1040. The van der Waals surface area contributed by atoms with Gasteiger partial charge in [0.25, 0.3) is 0 Å². The standard InChI is InChI=1S/C22H30N2O7S/c1-13(2)31-22(26)19-15(4)23-14(3)18(21(25)30-11-10-29-5)20(19)16-8-7-9-17(12-16)24-32(6,27)28/h7-9,12-13,20,23-24H,10-11H2,1-6H3/t20-/m1/s1. The van der Waals surface area contributed by atoms with Crippen molar-refractivity contribution in [3.05, 3.63) is 52.4 Å². The van der Waals surface area contributed by atoms with E-state index >= 15 is 0 Å². The zero-order valence-corrected chi connectivity index (χ0v) is 20.0. The molecule has 1 aliphatic rings. The molecule has 2 rings (SSSR count). The molecule has 0 unspecified atom stereocenters. The highest BCUT2D eigenvalue weighted by Crippen LogP contribution is 2.40. The van der Waals surface area contributed by atoms with Crippen LogP contribution in [0, 0.1) is 0 Å². The lowest BCUT2D eigenvalue weighted by Crippen LogP contribution is -2.33. The van der Waals surface area contributed by atoms with Gasteiger partial charge in [-0.15, -0.1) is 0 Å². The summed E-state index contributed by atoms with van der Waals surface area (Å²) in [5.41, 5.74) is 2.39. The van der Waals surface area contributed by atoms with Crippen molar-refractivity contribution in [1.29, 1.82) is 0 Å². The summed E-state index contributed by atoms with van der Waals surface area (Å²) in [4.78, 5) is 26.0. The first-order chi connectivity index (χ1) is 14.9. The maximum Gasteiger partial charge on any atom is 0.337 e. The number of nitrogens with one attached hydrogen (secondary N) is 2. The predicted octanol–water partition coefficient (Wildman–Crippen LogP) is 2.43. The van der Waals surface area contributed by atoms with E-state index in [1.807, 2.05) is 0 Å². The van der Waals surface area contributed by atoms with Crippen molar-refractivity contribution in [2.24, 2.45) is 0 Å². The number of anilines is 1. The number of rotatable bonds is 9. The molecule has 10 heteroatoms. The number of carbonyl (C=O) groups excluding carboxylic acids is 2. The van der Waals surface area contributed by atoms with Gasteiger partial charge in [0.05, 0.1) is 36.0 Å². The van der Waals surface area contributed by atoms with E-state index < -0.39 is 27.9 Å². The molecule has 1 heterocycles. The largest absolute Gasteiger partial charge is 0.460 e. The van der Waals surface area contributed by atoms with Gasteiger partial charge in [-0.05, 0) is 45.4 Å². The Labute approximate surface area is 188 Å². The third-order valence-electron chi connectivity index (χ3n) is 4.59. The third kappa shape index (κ3) is 6.57. The Morgan fingerprint density at radius 2 is 1.72 bits per heavy atom. The van der Waals surface area contributed by atoms with Crippen LogP contribution in [0.3, 0.4) is 0 Å². The molecule has 0 amide bonds. The molecule has 2 N–H and O–H groups in total. The highest BCUT2D eigenvalue weighted by molar-refractivity contribution is 7.92. The van der Waals surface area contributed by atoms with Gasteiger partial charge in [0.2, 0.25) is 10.0 Å². The topological polar surface area (TPSA) is 120 Å². The molecule has 0 bridgehead atoms. The van der Waals surface area contributed by atoms with E-state index in [1.54, 1.807) is 52.0 Å². The maximum atomic E-state index is 13.0. The number of dihydropyridines is 1. The lowest BCUT2D eigenvalue weighted by Gasteiger charge is -2.31. The second-order valence-corrected chi connectivity index (χ2v) is 9.47. The minimum atomic E-state index is -3.52. The average Bonchev–Trinajstić information content (AvgIpc) is 2.65. The monoisotopic (exact) mass is 466 g/mol. The van der Waals surface area contributed by atoms with Crippen molar-refractivity contribution in [2.75, 3.05) is 31.3 Å². The van der Waals surface area contributed by atoms with E-state index in [9.17, 15) is 18.0 Å². The molecule has 0 radical (unpaired) electrons. The molecule has 1 aliphatic heterocycles. The normalized spacial score (nSPS) is 16.7. The number of allylic oxidation sites excluding steroid dienone is 2. The fourth-order valence-corrected chi connectivity index (χ4v) is 3.99. The minimum absolute atomic E-state index is 0.0446. The van der Waals surface area contributed by atoms with Gasteiger partial charge in [0, 0.05) is 24.2 Å². The van der Waals surface area contributed by atoms with E-state index in [0.29, 0.717) is 22.6 Å². The number of esters is 2. The van der Waals surface area contributed by atoms with E-state index in [0.717, 1.165) is 6.26 Å². The summed E-state index contributed by atoms with van der Waals surface area (Å²) in [5.74, 6) is -2.01. The van der Waals surface area contributed by atoms with Crippen molar-refractivity contribution in [2.45, 2.75) is 39.7 Å². The number of methoxy groups -OCH3 is 1. The van der Waals surface area contributed by atoms with Gasteiger partial charge in [-0.1, -0.05) is 12.1 Å². The summed E-state index contributed by atoms with van der Waals surface area (Å²) in [7, 11) is -2.02. The molecule has 1 aromatic carbocycles. The van der Waals surface area contributed by atoms with E-state index in [-0.39, 0.29) is 30.5 Å². The Morgan fingerprint density at radius 1 is 1.09 bits per heavy atom. The molecule has 0 saturated carbocycles. The molecule has 9 nitrogen and oxygen atoms in total. The number of ether oxygens (including phenoxy) is 3. The fourth-order valence-electron chi connectivity index (χ4n) is 3.44. The number of carbonyl (C=O) groups is 2. The second-order valence-electron chi connectivity index (χ2n) is 7.72. The minimum Gasteiger partial charge on any atom is -0.460 e. The lowest BCUT2D eigenvalue weighted by molar-refractivity contribution is -0.143. The second kappa shape index (κ2) is 10.6. The SMILES string of the molecule is COCCOC(=O)C1=C(C)NC(C)=C(C(=O)OC(C)C)[C@@H]1c1cccc(NS(C)(=O)=O)c1. The average molecular weight is 467 g/mol. The van der Waals surface area contributed by atoms with Crippen LogP contribution in [0.5, 0.6) is 0 Å². The van der Waals surface area contributed by atoms with E-state index in [1.165, 1.54) is 7.11 Å². The van der Waals surface area contributed by atoms with Crippen LogP contribution >= 0.6 is 0 Å². The number of hydrogen-bond acceptors (Lipinski definition) is 8. The van der Waals surface area contributed by atoms with Crippen LogP contribution in [0.15, 0.2) is 46.8 Å². The zero-order chi connectivity index (χ0) is 24.1. The number of benzene rings is 1. The molecular formula is C22H30N2O7S. The molecule has 0 aliphatic carbocycles. The maximum absolute atomic E-state index is 13.0. The van der Waals surface area contributed by atoms with Crippen molar-refractivity contribution in [3.63, 3.8) is 0 Å². The van der Waals surface area contributed by atoms with Gasteiger partial charge in [0.15, 0.2) is 0 Å². The van der Waals surface area contributed by atoms with E-state index in [2.05, 4.69) is 10.0 Å². The van der Waals surface area contributed by atoms with Gasteiger partial charge in [0.1, 0.15) is 6.61 Å². The van der Waals surface area contributed by atoms with Gasteiger partial charge >= 0.3 is 11.9 Å². The molecule has 1 aromatic rings. The van der Waals surface area contributed by atoms with Gasteiger partial charge in [-0.2, -0.15) is 0 Å². The van der Waals surface area contributed by atoms with Crippen molar-refractivity contribution in [3.8, 4) is 0 Å². The lowest BCUT2D eigenvalue weighted by atomic mass is 9.80. The van der Waals surface area contributed by atoms with Gasteiger partial charge in [-0.3, -0.25) is 4.72 Å². The number of hydrogen-bond donors (Lipinski definition) is 2. The van der Waals surface area contributed by atoms with Gasteiger partial charge < -0.3 is 19.5 Å². The summed E-state index contributed by atoms with van der Waals surface area (Å²) >= 11 is 0. The number of sulfonamides is 1. The van der Waals surface area contributed by atoms with Crippen LogP contribution in [-0.2, 0) is 33.8 Å². The van der Waals surface area contributed by atoms with Crippen LogP contribution in [0.2, 0.25) is 0 Å². The predicted molar refractivity (Wildman–Crippen MR) is 120 cm³/mol. The van der Waals surface area contributed by atoms with Crippen LogP contribution in [0.25, 0.3) is 0 Å².